The van der Waals surface area contributed by atoms with E-state index in [9.17, 15) is 10.2 Å². The molecule has 0 heterocycles. The average molecular weight is 368 g/mol. The number of methoxy groups -OCH3 is 1. The number of nitrogens with one attached hydrogen (secondary N) is 1. The SMILES string of the molecule is COC[C@H](Cc1ccc(O)cc1)NC[C@H](O)COc1ccccc1.Cl. The van der Waals surface area contributed by atoms with Crippen molar-refractivity contribution in [3.8, 4) is 11.5 Å². The van der Waals surface area contributed by atoms with Crippen molar-refractivity contribution in [1.29, 1.82) is 0 Å². The first kappa shape index (κ1) is 21.3. The Hall–Kier alpha value is -1.79. The fraction of sp³-hybridized carbons (Fsp3) is 0.368. The number of phenols is 1. The van der Waals surface area contributed by atoms with Crippen molar-refractivity contribution in [3.05, 3.63) is 60.2 Å². The Morgan fingerprint density at radius 2 is 1.68 bits per heavy atom. The second-order valence-electron chi connectivity index (χ2n) is 5.71. The molecule has 138 valence electrons. The van der Waals surface area contributed by atoms with Gasteiger partial charge in [0.2, 0.25) is 0 Å². The molecule has 2 rings (SSSR count). The Bertz CT molecular complexity index is 580. The molecule has 0 aliphatic rings. The summed E-state index contributed by atoms with van der Waals surface area (Å²) in [6, 6.07) is 16.6. The second-order valence-corrected chi connectivity index (χ2v) is 5.71. The molecule has 2 aromatic carbocycles. The average Bonchev–Trinajstić information content (AvgIpc) is 2.61. The van der Waals surface area contributed by atoms with Gasteiger partial charge in [-0.15, -0.1) is 12.4 Å². The number of halogens is 1. The van der Waals surface area contributed by atoms with Gasteiger partial charge in [0.25, 0.3) is 0 Å². The van der Waals surface area contributed by atoms with E-state index < -0.39 is 6.10 Å². The molecule has 0 radical (unpaired) electrons. The molecule has 2 atom stereocenters. The number of aliphatic hydroxyl groups excluding tert-OH is 1. The summed E-state index contributed by atoms with van der Waals surface area (Å²) in [5, 5.41) is 22.7. The van der Waals surface area contributed by atoms with E-state index in [-0.39, 0.29) is 30.8 Å². The van der Waals surface area contributed by atoms with Gasteiger partial charge < -0.3 is 25.0 Å². The third-order valence-electron chi connectivity index (χ3n) is 3.61. The molecule has 0 bridgehead atoms. The minimum Gasteiger partial charge on any atom is -0.508 e. The van der Waals surface area contributed by atoms with E-state index >= 15 is 0 Å². The van der Waals surface area contributed by atoms with Crippen LogP contribution >= 0.6 is 12.4 Å². The highest BCUT2D eigenvalue weighted by Crippen LogP contribution is 2.12. The van der Waals surface area contributed by atoms with Crippen LogP contribution in [0.15, 0.2) is 54.6 Å². The molecule has 25 heavy (non-hydrogen) atoms. The number of hydrogen-bond acceptors (Lipinski definition) is 5. The molecule has 0 saturated carbocycles. The summed E-state index contributed by atoms with van der Waals surface area (Å²) in [5.41, 5.74) is 1.09. The van der Waals surface area contributed by atoms with Gasteiger partial charge in [0.15, 0.2) is 0 Å². The number of aliphatic hydroxyl groups is 1. The summed E-state index contributed by atoms with van der Waals surface area (Å²) in [7, 11) is 1.65. The van der Waals surface area contributed by atoms with Crippen LogP contribution in [0.5, 0.6) is 11.5 Å². The maximum Gasteiger partial charge on any atom is 0.119 e. The molecule has 0 aliphatic carbocycles. The normalized spacial score (nSPS) is 12.9. The van der Waals surface area contributed by atoms with Crippen LogP contribution in [0.1, 0.15) is 5.56 Å². The molecule has 0 unspecified atom stereocenters. The Morgan fingerprint density at radius 1 is 1.00 bits per heavy atom. The van der Waals surface area contributed by atoms with Gasteiger partial charge in [0.1, 0.15) is 24.2 Å². The smallest absolute Gasteiger partial charge is 0.119 e. The highest BCUT2D eigenvalue weighted by atomic mass is 35.5. The number of para-hydroxylation sites is 1. The van der Waals surface area contributed by atoms with Crippen molar-refractivity contribution < 1.29 is 19.7 Å². The van der Waals surface area contributed by atoms with Crippen molar-refractivity contribution in [2.45, 2.75) is 18.6 Å². The maximum atomic E-state index is 10.1. The number of ether oxygens (including phenoxy) is 2. The quantitative estimate of drug-likeness (QED) is 0.601. The predicted octanol–water partition coefficient (Wildman–Crippen LogP) is 2.40. The van der Waals surface area contributed by atoms with E-state index in [0.717, 1.165) is 17.7 Å². The van der Waals surface area contributed by atoms with Crippen LogP contribution in [-0.2, 0) is 11.2 Å². The molecule has 0 aliphatic heterocycles. The highest BCUT2D eigenvalue weighted by molar-refractivity contribution is 5.85. The zero-order chi connectivity index (χ0) is 17.2. The van der Waals surface area contributed by atoms with Crippen LogP contribution in [0.3, 0.4) is 0 Å². The first-order chi connectivity index (χ1) is 11.7. The first-order valence-electron chi connectivity index (χ1n) is 8.03. The molecule has 0 amide bonds. The molecular formula is C19H26ClNO4. The van der Waals surface area contributed by atoms with Gasteiger partial charge in [-0.25, -0.2) is 0 Å². The summed E-state index contributed by atoms with van der Waals surface area (Å²) in [5.74, 6) is 0.998. The highest BCUT2D eigenvalue weighted by Gasteiger charge is 2.12. The van der Waals surface area contributed by atoms with Gasteiger partial charge in [-0.2, -0.15) is 0 Å². The minimum atomic E-state index is -0.607. The van der Waals surface area contributed by atoms with Crippen molar-refractivity contribution in [2.24, 2.45) is 0 Å². The van der Waals surface area contributed by atoms with E-state index in [2.05, 4.69) is 5.32 Å². The maximum absolute atomic E-state index is 10.1. The summed E-state index contributed by atoms with van der Waals surface area (Å²) in [4.78, 5) is 0. The predicted molar refractivity (Wildman–Crippen MR) is 101 cm³/mol. The molecular weight excluding hydrogens is 342 g/mol. The molecule has 0 fully saturated rings. The first-order valence-corrected chi connectivity index (χ1v) is 8.03. The van der Waals surface area contributed by atoms with Crippen LogP contribution in [0.2, 0.25) is 0 Å². The molecule has 0 saturated heterocycles. The van der Waals surface area contributed by atoms with Crippen LogP contribution < -0.4 is 10.1 Å². The Balaban J connectivity index is 0.00000312. The molecule has 6 heteroatoms. The van der Waals surface area contributed by atoms with Crippen LogP contribution in [-0.4, -0.2) is 49.2 Å². The van der Waals surface area contributed by atoms with Crippen LogP contribution in [0.25, 0.3) is 0 Å². The van der Waals surface area contributed by atoms with Crippen LogP contribution in [0, 0.1) is 0 Å². The molecule has 2 aromatic rings. The third-order valence-corrected chi connectivity index (χ3v) is 3.61. The molecule has 0 aromatic heterocycles. The molecule has 5 nitrogen and oxygen atoms in total. The van der Waals surface area contributed by atoms with Crippen molar-refractivity contribution in [3.63, 3.8) is 0 Å². The lowest BCUT2D eigenvalue weighted by Crippen LogP contribution is -2.41. The lowest BCUT2D eigenvalue weighted by Gasteiger charge is -2.20. The van der Waals surface area contributed by atoms with Crippen molar-refractivity contribution >= 4 is 12.4 Å². The standard InChI is InChI=1S/C19H25NO4.ClH/c1-23-13-16(11-15-7-9-17(21)10-8-15)20-12-18(22)14-24-19-5-3-2-4-6-19;/h2-10,16,18,20-22H,11-14H2,1H3;1H/t16-,18-;/m0./s1. The van der Waals surface area contributed by atoms with Crippen molar-refractivity contribution in [1.82, 2.24) is 5.32 Å². The summed E-state index contributed by atoms with van der Waals surface area (Å²) in [6.07, 6.45) is 0.143. The van der Waals surface area contributed by atoms with Gasteiger partial charge in [-0.1, -0.05) is 30.3 Å². The van der Waals surface area contributed by atoms with E-state index in [0.29, 0.717) is 13.2 Å². The Labute approximate surface area is 155 Å². The van der Waals surface area contributed by atoms with Gasteiger partial charge in [0.05, 0.1) is 6.61 Å². The summed E-state index contributed by atoms with van der Waals surface area (Å²) in [6.45, 7) is 1.18. The minimum absolute atomic E-state index is 0. The lowest BCUT2D eigenvalue weighted by atomic mass is 10.1. The fourth-order valence-corrected chi connectivity index (χ4v) is 2.38. The zero-order valence-corrected chi connectivity index (χ0v) is 15.1. The topological polar surface area (TPSA) is 71.0 Å². The van der Waals surface area contributed by atoms with Gasteiger partial charge in [-0.05, 0) is 36.2 Å². The van der Waals surface area contributed by atoms with Gasteiger partial charge in [-0.3, -0.25) is 0 Å². The second kappa shape index (κ2) is 11.7. The monoisotopic (exact) mass is 367 g/mol. The fourth-order valence-electron chi connectivity index (χ4n) is 2.38. The number of hydrogen-bond donors (Lipinski definition) is 3. The van der Waals surface area contributed by atoms with Crippen LogP contribution in [0.4, 0.5) is 0 Å². The van der Waals surface area contributed by atoms with E-state index in [1.807, 2.05) is 42.5 Å². The van der Waals surface area contributed by atoms with Gasteiger partial charge in [0, 0.05) is 19.7 Å². The van der Waals surface area contributed by atoms with E-state index in [4.69, 9.17) is 9.47 Å². The van der Waals surface area contributed by atoms with Crippen molar-refractivity contribution in [2.75, 3.05) is 26.9 Å². The Kier molecular flexibility index (Phi) is 9.96. The van der Waals surface area contributed by atoms with Gasteiger partial charge >= 0.3 is 0 Å². The third kappa shape index (κ3) is 8.23. The lowest BCUT2D eigenvalue weighted by molar-refractivity contribution is 0.0957. The molecule has 0 spiro atoms. The van der Waals surface area contributed by atoms with E-state index in [1.165, 1.54) is 0 Å². The number of rotatable bonds is 10. The zero-order valence-electron chi connectivity index (χ0n) is 14.3. The number of benzene rings is 2. The summed E-state index contributed by atoms with van der Waals surface area (Å²) < 4.78 is 10.8. The Morgan fingerprint density at radius 3 is 2.32 bits per heavy atom. The molecule has 3 N–H and O–H groups in total. The van der Waals surface area contributed by atoms with E-state index in [1.54, 1.807) is 19.2 Å². The number of phenolic OH excluding ortho intramolecular Hbond substituents is 1. The summed E-state index contributed by atoms with van der Waals surface area (Å²) >= 11 is 0. The largest absolute Gasteiger partial charge is 0.508 e. The number of aromatic hydroxyl groups is 1.